The van der Waals surface area contributed by atoms with Crippen LogP contribution in [0.3, 0.4) is 0 Å². The average molecular weight is 352 g/mol. The normalized spacial score (nSPS) is 17.3. The van der Waals surface area contributed by atoms with Gasteiger partial charge in [0.15, 0.2) is 6.61 Å². The minimum Gasteiger partial charge on any atom is -0.465 e. The number of morpholine rings is 1. The number of methoxy groups -OCH3 is 1. The molecule has 1 aromatic heterocycles. The van der Waals surface area contributed by atoms with Gasteiger partial charge in [0.1, 0.15) is 5.69 Å². The van der Waals surface area contributed by atoms with E-state index in [9.17, 15) is 14.4 Å². The van der Waals surface area contributed by atoms with E-state index in [0.717, 1.165) is 0 Å². The van der Waals surface area contributed by atoms with Gasteiger partial charge in [-0.25, -0.2) is 9.59 Å². The maximum Gasteiger partial charge on any atom is 0.355 e. The highest BCUT2D eigenvalue weighted by molar-refractivity contribution is 5.99. The fourth-order valence-corrected chi connectivity index (χ4v) is 2.84. The molecule has 2 heterocycles. The first-order valence-corrected chi connectivity index (χ1v) is 8.25. The van der Waals surface area contributed by atoms with Crippen LogP contribution >= 0.6 is 0 Å². The van der Waals surface area contributed by atoms with Crippen LogP contribution < -0.4 is 0 Å². The van der Waals surface area contributed by atoms with Gasteiger partial charge in [0.2, 0.25) is 0 Å². The second kappa shape index (κ2) is 8.15. The minimum absolute atomic E-state index is 0.0335. The number of aryl methyl sites for hydroxylation is 1. The molecule has 1 saturated heterocycles. The molecule has 25 heavy (non-hydrogen) atoms. The van der Waals surface area contributed by atoms with Gasteiger partial charge < -0.3 is 24.1 Å². The Balaban J connectivity index is 2.04. The van der Waals surface area contributed by atoms with Crippen molar-refractivity contribution in [3.63, 3.8) is 0 Å². The van der Waals surface area contributed by atoms with Gasteiger partial charge in [0.25, 0.3) is 5.91 Å². The summed E-state index contributed by atoms with van der Waals surface area (Å²) in [6.45, 7) is 6.46. The van der Waals surface area contributed by atoms with Crippen molar-refractivity contribution >= 4 is 17.8 Å². The highest BCUT2D eigenvalue weighted by Gasteiger charge is 2.26. The predicted octanol–water partition coefficient (Wildman–Crippen LogP) is 1.08. The van der Waals surface area contributed by atoms with E-state index in [-0.39, 0.29) is 24.3 Å². The molecule has 0 aromatic carbocycles. The smallest absolute Gasteiger partial charge is 0.355 e. The number of hydrogen-bond acceptors (Lipinski definition) is 6. The molecular formula is C17H24N2O6. The Hall–Kier alpha value is -2.35. The summed E-state index contributed by atoms with van der Waals surface area (Å²) in [5.74, 6) is -1.45. The van der Waals surface area contributed by atoms with Gasteiger partial charge in [-0.05, 0) is 25.8 Å². The first-order chi connectivity index (χ1) is 11.9. The van der Waals surface area contributed by atoms with Crippen LogP contribution in [0.15, 0.2) is 0 Å². The third-order valence-electron chi connectivity index (χ3n) is 4.20. The lowest BCUT2D eigenvalue weighted by Crippen LogP contribution is -2.46. The molecule has 0 spiro atoms. The van der Waals surface area contributed by atoms with E-state index in [0.29, 0.717) is 42.9 Å². The summed E-state index contributed by atoms with van der Waals surface area (Å²) in [6.07, 6.45) is 0.497. The van der Waals surface area contributed by atoms with Crippen molar-refractivity contribution in [2.75, 3.05) is 33.4 Å². The number of rotatable bonds is 5. The van der Waals surface area contributed by atoms with Crippen LogP contribution in [0, 0.1) is 6.92 Å². The number of carbonyl (C=O) groups is 3. The predicted molar refractivity (Wildman–Crippen MR) is 88.5 cm³/mol. The first kappa shape index (κ1) is 19.0. The van der Waals surface area contributed by atoms with E-state index in [1.165, 1.54) is 7.11 Å². The zero-order chi connectivity index (χ0) is 18.6. The Morgan fingerprint density at radius 2 is 2.04 bits per heavy atom. The third-order valence-corrected chi connectivity index (χ3v) is 4.20. The van der Waals surface area contributed by atoms with Crippen LogP contribution in [0.4, 0.5) is 0 Å². The maximum absolute atomic E-state index is 12.3. The molecule has 1 N–H and O–H groups in total. The number of carbonyl (C=O) groups excluding carboxylic acids is 3. The van der Waals surface area contributed by atoms with Gasteiger partial charge in [-0.1, -0.05) is 6.92 Å². The van der Waals surface area contributed by atoms with Crippen molar-refractivity contribution in [1.29, 1.82) is 0 Å². The van der Waals surface area contributed by atoms with E-state index < -0.39 is 11.9 Å². The fraction of sp³-hybridized carbons (Fsp3) is 0.588. The van der Waals surface area contributed by atoms with Crippen LogP contribution in [0.2, 0.25) is 0 Å². The van der Waals surface area contributed by atoms with Gasteiger partial charge in [-0.3, -0.25) is 4.79 Å². The molecule has 0 saturated carbocycles. The van der Waals surface area contributed by atoms with Crippen LogP contribution in [0.25, 0.3) is 0 Å². The molecule has 138 valence electrons. The molecule has 2 rings (SSSR count). The molecule has 1 unspecified atom stereocenters. The van der Waals surface area contributed by atoms with Crippen molar-refractivity contribution < 1.29 is 28.6 Å². The molecule has 1 aliphatic rings. The lowest BCUT2D eigenvalue weighted by atomic mass is 10.1. The van der Waals surface area contributed by atoms with Crippen molar-refractivity contribution in [3.05, 3.63) is 22.5 Å². The van der Waals surface area contributed by atoms with Gasteiger partial charge in [0.05, 0.1) is 25.4 Å². The molecule has 1 amide bonds. The Morgan fingerprint density at radius 1 is 1.32 bits per heavy atom. The number of nitrogens with zero attached hydrogens (tertiary/aromatic N) is 1. The largest absolute Gasteiger partial charge is 0.465 e. The summed E-state index contributed by atoms with van der Waals surface area (Å²) >= 11 is 0. The topological polar surface area (TPSA) is 97.9 Å². The summed E-state index contributed by atoms with van der Waals surface area (Å²) in [5.41, 5.74) is 1.57. The quantitative estimate of drug-likeness (QED) is 0.796. The average Bonchev–Trinajstić information content (AvgIpc) is 2.95. The number of H-pyrrole nitrogens is 1. The van der Waals surface area contributed by atoms with Crippen LogP contribution in [-0.4, -0.2) is 67.2 Å². The third kappa shape index (κ3) is 4.19. The van der Waals surface area contributed by atoms with E-state index in [4.69, 9.17) is 14.2 Å². The molecule has 1 aliphatic heterocycles. The second-order valence-electron chi connectivity index (χ2n) is 5.92. The monoisotopic (exact) mass is 352 g/mol. The molecule has 1 atom stereocenters. The molecule has 8 heteroatoms. The van der Waals surface area contributed by atoms with Crippen molar-refractivity contribution in [1.82, 2.24) is 9.88 Å². The Bertz CT molecular complexity index is 666. The number of esters is 2. The lowest BCUT2D eigenvalue weighted by Gasteiger charge is -2.30. The summed E-state index contributed by atoms with van der Waals surface area (Å²) in [4.78, 5) is 40.9. The van der Waals surface area contributed by atoms with Gasteiger partial charge >= 0.3 is 11.9 Å². The fourth-order valence-electron chi connectivity index (χ4n) is 2.84. The van der Waals surface area contributed by atoms with E-state index >= 15 is 0 Å². The number of aromatic amines is 1. The summed E-state index contributed by atoms with van der Waals surface area (Å²) < 4.78 is 15.3. The first-order valence-electron chi connectivity index (χ1n) is 8.25. The number of nitrogens with one attached hydrogen (secondary N) is 1. The SMILES string of the molecule is CCc1[nH]c(C(=O)OCC(=O)N2CCOC(C)C2)c(C)c1C(=O)OC. The number of amides is 1. The Labute approximate surface area is 146 Å². The highest BCUT2D eigenvalue weighted by atomic mass is 16.5. The number of ether oxygens (including phenoxy) is 3. The molecule has 0 bridgehead atoms. The van der Waals surface area contributed by atoms with Crippen molar-refractivity contribution in [3.8, 4) is 0 Å². The number of aromatic nitrogens is 1. The van der Waals surface area contributed by atoms with Crippen LogP contribution in [0.1, 0.15) is 46.0 Å². The zero-order valence-corrected chi connectivity index (χ0v) is 15.0. The molecule has 0 aliphatic carbocycles. The van der Waals surface area contributed by atoms with E-state index in [2.05, 4.69) is 4.98 Å². The van der Waals surface area contributed by atoms with Gasteiger partial charge in [0, 0.05) is 18.8 Å². The summed E-state index contributed by atoms with van der Waals surface area (Å²) in [6, 6.07) is 0. The Morgan fingerprint density at radius 3 is 2.64 bits per heavy atom. The summed E-state index contributed by atoms with van der Waals surface area (Å²) in [5, 5.41) is 0. The molecule has 0 radical (unpaired) electrons. The summed E-state index contributed by atoms with van der Waals surface area (Å²) in [7, 11) is 1.29. The Kier molecular flexibility index (Phi) is 6.19. The van der Waals surface area contributed by atoms with Gasteiger partial charge in [-0.2, -0.15) is 0 Å². The molecule has 1 aromatic rings. The molecule has 8 nitrogen and oxygen atoms in total. The van der Waals surface area contributed by atoms with Crippen LogP contribution in [-0.2, 0) is 25.4 Å². The maximum atomic E-state index is 12.3. The highest BCUT2D eigenvalue weighted by Crippen LogP contribution is 2.21. The zero-order valence-electron chi connectivity index (χ0n) is 15.0. The van der Waals surface area contributed by atoms with Crippen LogP contribution in [0.5, 0.6) is 0 Å². The lowest BCUT2D eigenvalue weighted by molar-refractivity contribution is -0.141. The standard InChI is InChI=1S/C17H24N2O6/c1-5-12-14(16(21)23-4)11(3)15(18-12)17(22)25-9-13(20)19-6-7-24-10(2)8-19/h10,18H,5-9H2,1-4H3. The molecular weight excluding hydrogens is 328 g/mol. The minimum atomic E-state index is -0.669. The van der Waals surface area contributed by atoms with Gasteiger partial charge in [-0.15, -0.1) is 0 Å². The number of hydrogen-bond donors (Lipinski definition) is 1. The van der Waals surface area contributed by atoms with E-state index in [1.807, 2.05) is 13.8 Å². The molecule has 1 fully saturated rings. The second-order valence-corrected chi connectivity index (χ2v) is 5.92. The van der Waals surface area contributed by atoms with Crippen molar-refractivity contribution in [2.24, 2.45) is 0 Å². The van der Waals surface area contributed by atoms with Crippen molar-refractivity contribution in [2.45, 2.75) is 33.3 Å². The van der Waals surface area contributed by atoms with E-state index in [1.54, 1.807) is 11.8 Å².